The van der Waals surface area contributed by atoms with Gasteiger partial charge in [0.2, 0.25) is 5.88 Å². The van der Waals surface area contributed by atoms with Gasteiger partial charge in [0.25, 0.3) is 0 Å². The van der Waals surface area contributed by atoms with Gasteiger partial charge in [0.15, 0.2) is 0 Å². The van der Waals surface area contributed by atoms with Crippen molar-refractivity contribution in [1.82, 2.24) is 4.98 Å². The zero-order valence-electron chi connectivity index (χ0n) is 8.83. The normalized spacial score (nSPS) is 14.9. The van der Waals surface area contributed by atoms with E-state index in [1.165, 1.54) is 0 Å². The molecule has 0 aliphatic rings. The fourth-order valence-corrected chi connectivity index (χ4v) is 2.16. The highest BCUT2D eigenvalue weighted by molar-refractivity contribution is 9.09. The molecular weight excluding hydrogens is 242 g/mol. The van der Waals surface area contributed by atoms with Crippen LogP contribution in [0, 0.1) is 0 Å². The SMILES string of the molecule is CCC(c1cccc(OC)n1)C(C)Br. The van der Waals surface area contributed by atoms with Crippen LogP contribution in [0.3, 0.4) is 0 Å². The van der Waals surface area contributed by atoms with Gasteiger partial charge in [-0.15, -0.1) is 0 Å². The van der Waals surface area contributed by atoms with Crippen molar-refractivity contribution in [1.29, 1.82) is 0 Å². The van der Waals surface area contributed by atoms with Crippen molar-refractivity contribution in [2.24, 2.45) is 0 Å². The largest absolute Gasteiger partial charge is 0.481 e. The fraction of sp³-hybridized carbons (Fsp3) is 0.545. The summed E-state index contributed by atoms with van der Waals surface area (Å²) in [6, 6.07) is 5.91. The summed E-state index contributed by atoms with van der Waals surface area (Å²) >= 11 is 3.60. The molecule has 0 spiro atoms. The first-order valence-corrected chi connectivity index (χ1v) is 5.75. The van der Waals surface area contributed by atoms with Crippen LogP contribution in [0.4, 0.5) is 0 Å². The third-order valence-corrected chi connectivity index (χ3v) is 2.97. The molecule has 1 aromatic heterocycles. The molecule has 1 aromatic rings. The van der Waals surface area contributed by atoms with Crippen molar-refractivity contribution in [3.63, 3.8) is 0 Å². The van der Waals surface area contributed by atoms with Crippen LogP contribution in [0.25, 0.3) is 0 Å². The number of rotatable bonds is 4. The summed E-state index contributed by atoms with van der Waals surface area (Å²) < 4.78 is 5.10. The maximum absolute atomic E-state index is 5.10. The van der Waals surface area contributed by atoms with E-state index in [1.54, 1.807) is 7.11 Å². The van der Waals surface area contributed by atoms with Crippen molar-refractivity contribution in [3.05, 3.63) is 23.9 Å². The maximum atomic E-state index is 5.10. The highest BCUT2D eigenvalue weighted by atomic mass is 79.9. The Labute approximate surface area is 93.8 Å². The first-order chi connectivity index (χ1) is 6.69. The maximum Gasteiger partial charge on any atom is 0.213 e. The summed E-state index contributed by atoms with van der Waals surface area (Å²) in [6.45, 7) is 4.32. The van der Waals surface area contributed by atoms with Crippen LogP contribution in [0.2, 0.25) is 0 Å². The van der Waals surface area contributed by atoms with Gasteiger partial charge in [-0.3, -0.25) is 0 Å². The summed E-state index contributed by atoms with van der Waals surface area (Å²) in [6.07, 6.45) is 1.08. The number of nitrogens with zero attached hydrogens (tertiary/aromatic N) is 1. The molecule has 2 nitrogen and oxygen atoms in total. The van der Waals surface area contributed by atoms with Gasteiger partial charge in [-0.1, -0.05) is 35.8 Å². The lowest BCUT2D eigenvalue weighted by Crippen LogP contribution is -2.09. The van der Waals surface area contributed by atoms with Gasteiger partial charge in [0.05, 0.1) is 7.11 Å². The first-order valence-electron chi connectivity index (χ1n) is 4.84. The molecule has 0 saturated heterocycles. The Morgan fingerprint density at radius 3 is 2.71 bits per heavy atom. The number of hydrogen-bond acceptors (Lipinski definition) is 2. The Morgan fingerprint density at radius 1 is 1.50 bits per heavy atom. The summed E-state index contributed by atoms with van der Waals surface area (Å²) in [5.74, 6) is 1.14. The zero-order valence-corrected chi connectivity index (χ0v) is 10.4. The number of alkyl halides is 1. The highest BCUT2D eigenvalue weighted by Gasteiger charge is 2.16. The smallest absolute Gasteiger partial charge is 0.213 e. The Balaban J connectivity index is 2.92. The lowest BCUT2D eigenvalue weighted by Gasteiger charge is -2.17. The van der Waals surface area contributed by atoms with Crippen LogP contribution in [-0.4, -0.2) is 16.9 Å². The van der Waals surface area contributed by atoms with Gasteiger partial charge in [-0.25, -0.2) is 4.98 Å². The fourth-order valence-electron chi connectivity index (χ4n) is 1.52. The third kappa shape index (κ3) is 2.71. The van der Waals surface area contributed by atoms with E-state index in [9.17, 15) is 0 Å². The van der Waals surface area contributed by atoms with Crippen molar-refractivity contribution < 1.29 is 4.74 Å². The minimum absolute atomic E-state index is 0.437. The predicted molar refractivity (Wildman–Crippen MR) is 62.2 cm³/mol. The van der Waals surface area contributed by atoms with Crippen LogP contribution in [0.5, 0.6) is 5.88 Å². The molecule has 2 atom stereocenters. The van der Waals surface area contributed by atoms with Gasteiger partial charge in [-0.05, 0) is 12.5 Å². The van der Waals surface area contributed by atoms with Crippen molar-refractivity contribution in [2.45, 2.75) is 31.0 Å². The van der Waals surface area contributed by atoms with E-state index in [1.807, 2.05) is 12.1 Å². The number of halogens is 1. The quantitative estimate of drug-likeness (QED) is 0.772. The average molecular weight is 258 g/mol. The molecule has 0 bridgehead atoms. The Morgan fingerprint density at radius 2 is 2.21 bits per heavy atom. The molecule has 2 unspecified atom stereocenters. The van der Waals surface area contributed by atoms with Gasteiger partial charge < -0.3 is 4.74 Å². The van der Waals surface area contributed by atoms with E-state index in [0.29, 0.717) is 16.6 Å². The van der Waals surface area contributed by atoms with E-state index >= 15 is 0 Å². The highest BCUT2D eigenvalue weighted by Crippen LogP contribution is 2.27. The third-order valence-electron chi connectivity index (χ3n) is 2.33. The minimum Gasteiger partial charge on any atom is -0.481 e. The molecular formula is C11H16BrNO. The van der Waals surface area contributed by atoms with Crippen molar-refractivity contribution in [2.75, 3.05) is 7.11 Å². The second-order valence-electron chi connectivity index (χ2n) is 3.30. The summed E-state index contributed by atoms with van der Waals surface area (Å²) in [7, 11) is 1.64. The summed E-state index contributed by atoms with van der Waals surface area (Å²) in [5, 5.41) is 0. The van der Waals surface area contributed by atoms with E-state index in [-0.39, 0.29) is 0 Å². The van der Waals surface area contributed by atoms with E-state index in [4.69, 9.17) is 4.74 Å². The lowest BCUT2D eigenvalue weighted by molar-refractivity contribution is 0.394. The van der Waals surface area contributed by atoms with Gasteiger partial charge in [-0.2, -0.15) is 0 Å². The Bertz CT molecular complexity index is 288. The minimum atomic E-state index is 0.437. The number of methoxy groups -OCH3 is 1. The van der Waals surface area contributed by atoms with E-state index in [2.05, 4.69) is 40.8 Å². The molecule has 0 aliphatic carbocycles. The van der Waals surface area contributed by atoms with Gasteiger partial charge >= 0.3 is 0 Å². The van der Waals surface area contributed by atoms with Gasteiger partial charge in [0, 0.05) is 22.5 Å². The zero-order chi connectivity index (χ0) is 10.6. The van der Waals surface area contributed by atoms with Crippen LogP contribution in [0.1, 0.15) is 31.9 Å². The summed E-state index contributed by atoms with van der Waals surface area (Å²) in [4.78, 5) is 4.87. The van der Waals surface area contributed by atoms with E-state index in [0.717, 1.165) is 12.1 Å². The standard InChI is InChI=1S/C11H16BrNO/c1-4-9(8(2)12)10-6-5-7-11(13-10)14-3/h5-9H,4H2,1-3H3. The number of hydrogen-bond donors (Lipinski definition) is 0. The molecule has 78 valence electrons. The van der Waals surface area contributed by atoms with Crippen LogP contribution in [0.15, 0.2) is 18.2 Å². The van der Waals surface area contributed by atoms with E-state index < -0.39 is 0 Å². The number of aromatic nitrogens is 1. The average Bonchev–Trinajstić information content (AvgIpc) is 2.19. The van der Waals surface area contributed by atoms with Crippen LogP contribution >= 0.6 is 15.9 Å². The lowest BCUT2D eigenvalue weighted by atomic mass is 9.99. The molecule has 0 aliphatic heterocycles. The predicted octanol–water partition coefficient (Wildman–Crippen LogP) is 3.37. The Kier molecular flexibility index (Phi) is 4.39. The molecule has 1 heterocycles. The molecule has 1 rings (SSSR count). The molecule has 0 radical (unpaired) electrons. The van der Waals surface area contributed by atoms with Crippen molar-refractivity contribution in [3.8, 4) is 5.88 Å². The Hall–Kier alpha value is -0.570. The molecule has 14 heavy (non-hydrogen) atoms. The summed E-state index contributed by atoms with van der Waals surface area (Å²) in [5.41, 5.74) is 1.09. The second-order valence-corrected chi connectivity index (χ2v) is 4.74. The molecule has 0 fully saturated rings. The molecule has 0 aromatic carbocycles. The topological polar surface area (TPSA) is 22.1 Å². The molecule has 0 N–H and O–H groups in total. The second kappa shape index (κ2) is 5.35. The van der Waals surface area contributed by atoms with Crippen LogP contribution < -0.4 is 4.74 Å². The van der Waals surface area contributed by atoms with Crippen molar-refractivity contribution >= 4 is 15.9 Å². The molecule has 3 heteroatoms. The molecule has 0 amide bonds. The monoisotopic (exact) mass is 257 g/mol. The number of ether oxygens (including phenoxy) is 1. The van der Waals surface area contributed by atoms with Gasteiger partial charge in [0.1, 0.15) is 0 Å². The first kappa shape index (κ1) is 11.5. The van der Waals surface area contributed by atoms with Crippen LogP contribution in [-0.2, 0) is 0 Å². The number of pyridine rings is 1. The molecule has 0 saturated carbocycles.